The fraction of sp³-hybridized carbons (Fsp3) is 0.133. The molecule has 0 amide bonds. The largest absolute Gasteiger partial charge is 0.497 e. The van der Waals surface area contributed by atoms with Gasteiger partial charge in [0.15, 0.2) is 0 Å². The Bertz CT molecular complexity index is 581. The van der Waals surface area contributed by atoms with Gasteiger partial charge in [-0.25, -0.2) is 4.39 Å². The van der Waals surface area contributed by atoms with Gasteiger partial charge in [-0.15, -0.1) is 0 Å². The predicted octanol–water partition coefficient (Wildman–Crippen LogP) is 4.11. The molecule has 0 unspecified atom stereocenters. The van der Waals surface area contributed by atoms with Crippen LogP contribution in [0.5, 0.6) is 5.75 Å². The Kier molecular flexibility index (Phi) is 4.53. The Labute approximate surface area is 116 Å². The van der Waals surface area contributed by atoms with Crippen LogP contribution in [0.15, 0.2) is 47.5 Å². The highest BCUT2D eigenvalue weighted by molar-refractivity contribution is 6.33. The van der Waals surface area contributed by atoms with Crippen LogP contribution in [0.25, 0.3) is 0 Å². The number of nitrogens with zero attached hydrogens (tertiary/aromatic N) is 1. The van der Waals surface area contributed by atoms with Gasteiger partial charge in [0, 0.05) is 16.8 Å². The van der Waals surface area contributed by atoms with E-state index < -0.39 is 0 Å². The number of halogens is 2. The molecule has 0 atom stereocenters. The van der Waals surface area contributed by atoms with Crippen LogP contribution in [0.2, 0.25) is 5.02 Å². The number of aliphatic imine (C=N–C) groups is 1. The van der Waals surface area contributed by atoms with Crippen LogP contribution >= 0.6 is 11.6 Å². The summed E-state index contributed by atoms with van der Waals surface area (Å²) in [7, 11) is 1.62. The summed E-state index contributed by atoms with van der Waals surface area (Å²) in [5.74, 6) is 0.483. The number of hydrogen-bond donors (Lipinski definition) is 0. The van der Waals surface area contributed by atoms with Gasteiger partial charge < -0.3 is 4.74 Å². The highest BCUT2D eigenvalue weighted by Gasteiger charge is 1.99. The third kappa shape index (κ3) is 3.80. The molecule has 2 nitrogen and oxygen atoms in total. The van der Waals surface area contributed by atoms with Gasteiger partial charge in [0.25, 0.3) is 0 Å². The minimum atomic E-state index is -0.324. The molecule has 2 aromatic carbocycles. The second-order valence-electron chi connectivity index (χ2n) is 3.98. The molecule has 19 heavy (non-hydrogen) atoms. The molecule has 98 valence electrons. The predicted molar refractivity (Wildman–Crippen MR) is 75.7 cm³/mol. The standard InChI is InChI=1S/C15H13ClFNO/c1-19-14-5-2-11(3-6-14)9-18-10-12-8-13(17)4-7-15(12)16/h2-8,10H,9H2,1H3/b18-10-. The number of rotatable bonds is 4. The monoisotopic (exact) mass is 277 g/mol. The zero-order chi connectivity index (χ0) is 13.7. The average Bonchev–Trinajstić information content (AvgIpc) is 2.43. The second-order valence-corrected chi connectivity index (χ2v) is 4.39. The Morgan fingerprint density at radius 1 is 1.21 bits per heavy atom. The number of benzene rings is 2. The summed E-state index contributed by atoms with van der Waals surface area (Å²) in [6, 6.07) is 11.8. The van der Waals surface area contributed by atoms with E-state index in [1.165, 1.54) is 18.2 Å². The smallest absolute Gasteiger partial charge is 0.123 e. The minimum Gasteiger partial charge on any atom is -0.497 e. The van der Waals surface area contributed by atoms with E-state index in [9.17, 15) is 4.39 Å². The van der Waals surface area contributed by atoms with Crippen LogP contribution in [0.1, 0.15) is 11.1 Å². The van der Waals surface area contributed by atoms with Crippen molar-refractivity contribution in [2.45, 2.75) is 6.54 Å². The van der Waals surface area contributed by atoms with Gasteiger partial charge in [-0.2, -0.15) is 0 Å². The molecule has 0 aliphatic rings. The molecular weight excluding hydrogens is 265 g/mol. The van der Waals surface area contributed by atoms with Crippen molar-refractivity contribution in [1.29, 1.82) is 0 Å². The van der Waals surface area contributed by atoms with Gasteiger partial charge in [0.05, 0.1) is 13.7 Å². The van der Waals surface area contributed by atoms with Crippen molar-refractivity contribution < 1.29 is 9.13 Å². The molecule has 2 aromatic rings. The normalized spacial score (nSPS) is 10.9. The average molecular weight is 278 g/mol. The van der Waals surface area contributed by atoms with E-state index in [4.69, 9.17) is 16.3 Å². The number of methoxy groups -OCH3 is 1. The summed E-state index contributed by atoms with van der Waals surface area (Å²) in [6.07, 6.45) is 1.58. The fourth-order valence-corrected chi connectivity index (χ4v) is 1.76. The van der Waals surface area contributed by atoms with Crippen LogP contribution in [0, 0.1) is 5.82 Å². The summed E-state index contributed by atoms with van der Waals surface area (Å²) in [4.78, 5) is 4.25. The first kappa shape index (κ1) is 13.6. The van der Waals surface area contributed by atoms with Gasteiger partial charge >= 0.3 is 0 Å². The van der Waals surface area contributed by atoms with E-state index in [2.05, 4.69) is 4.99 Å². The molecule has 0 radical (unpaired) electrons. The maximum atomic E-state index is 13.0. The third-order valence-corrected chi connectivity index (χ3v) is 2.97. The molecule has 0 aliphatic carbocycles. The van der Waals surface area contributed by atoms with Crippen LogP contribution in [0.3, 0.4) is 0 Å². The lowest BCUT2D eigenvalue weighted by molar-refractivity contribution is 0.414. The zero-order valence-corrected chi connectivity index (χ0v) is 11.2. The lowest BCUT2D eigenvalue weighted by Crippen LogP contribution is -1.88. The molecule has 0 saturated carbocycles. The minimum absolute atomic E-state index is 0.324. The summed E-state index contributed by atoms with van der Waals surface area (Å²) < 4.78 is 18.1. The molecular formula is C15H13ClFNO. The summed E-state index contributed by atoms with van der Waals surface area (Å²) in [5.41, 5.74) is 1.62. The third-order valence-electron chi connectivity index (χ3n) is 2.62. The Balaban J connectivity index is 2.04. The van der Waals surface area contributed by atoms with E-state index in [-0.39, 0.29) is 5.82 Å². The first-order valence-corrected chi connectivity index (χ1v) is 6.14. The Morgan fingerprint density at radius 2 is 1.95 bits per heavy atom. The first-order valence-electron chi connectivity index (χ1n) is 5.77. The van der Waals surface area contributed by atoms with Gasteiger partial charge in [-0.3, -0.25) is 4.99 Å². The highest BCUT2D eigenvalue weighted by Crippen LogP contribution is 2.16. The molecule has 0 aromatic heterocycles. The van der Waals surface area contributed by atoms with E-state index in [0.717, 1.165) is 11.3 Å². The summed E-state index contributed by atoms with van der Waals surface area (Å²) >= 11 is 5.94. The summed E-state index contributed by atoms with van der Waals surface area (Å²) in [6.45, 7) is 0.511. The van der Waals surface area contributed by atoms with E-state index in [1.54, 1.807) is 13.3 Å². The maximum absolute atomic E-state index is 13.0. The molecule has 0 heterocycles. The Hall–Kier alpha value is -1.87. The van der Waals surface area contributed by atoms with Crippen LogP contribution in [-0.4, -0.2) is 13.3 Å². The summed E-state index contributed by atoms with van der Waals surface area (Å²) in [5, 5.41) is 0.486. The van der Waals surface area contributed by atoms with Crippen molar-refractivity contribution in [3.63, 3.8) is 0 Å². The van der Waals surface area contributed by atoms with Crippen molar-refractivity contribution in [3.8, 4) is 5.75 Å². The lowest BCUT2D eigenvalue weighted by atomic mass is 10.2. The highest BCUT2D eigenvalue weighted by atomic mass is 35.5. The van der Waals surface area contributed by atoms with E-state index in [1.807, 2.05) is 24.3 Å². The maximum Gasteiger partial charge on any atom is 0.123 e. The SMILES string of the molecule is COc1ccc(C/N=C\c2cc(F)ccc2Cl)cc1. The molecule has 0 N–H and O–H groups in total. The number of hydrogen-bond acceptors (Lipinski definition) is 2. The van der Waals surface area contributed by atoms with E-state index in [0.29, 0.717) is 17.1 Å². The van der Waals surface area contributed by atoms with Crippen molar-refractivity contribution in [2.75, 3.05) is 7.11 Å². The topological polar surface area (TPSA) is 21.6 Å². The van der Waals surface area contributed by atoms with Gasteiger partial charge in [0.1, 0.15) is 11.6 Å². The van der Waals surface area contributed by atoms with Crippen LogP contribution < -0.4 is 4.74 Å². The van der Waals surface area contributed by atoms with Crippen molar-refractivity contribution >= 4 is 17.8 Å². The zero-order valence-electron chi connectivity index (χ0n) is 10.4. The van der Waals surface area contributed by atoms with Crippen molar-refractivity contribution in [3.05, 3.63) is 64.4 Å². The van der Waals surface area contributed by atoms with Gasteiger partial charge in [-0.1, -0.05) is 23.7 Å². The quantitative estimate of drug-likeness (QED) is 0.771. The van der Waals surface area contributed by atoms with Crippen molar-refractivity contribution in [1.82, 2.24) is 0 Å². The molecule has 0 aliphatic heterocycles. The molecule has 0 bridgehead atoms. The lowest BCUT2D eigenvalue weighted by Gasteiger charge is -2.01. The molecule has 0 spiro atoms. The molecule has 0 saturated heterocycles. The van der Waals surface area contributed by atoms with E-state index >= 15 is 0 Å². The van der Waals surface area contributed by atoms with Gasteiger partial charge in [0.2, 0.25) is 0 Å². The molecule has 4 heteroatoms. The number of ether oxygens (including phenoxy) is 1. The first-order chi connectivity index (χ1) is 9.19. The van der Waals surface area contributed by atoms with Crippen LogP contribution in [0.4, 0.5) is 4.39 Å². The van der Waals surface area contributed by atoms with Crippen molar-refractivity contribution in [2.24, 2.45) is 4.99 Å². The Morgan fingerprint density at radius 3 is 2.63 bits per heavy atom. The second kappa shape index (κ2) is 6.34. The van der Waals surface area contributed by atoms with Gasteiger partial charge in [-0.05, 0) is 35.9 Å². The fourth-order valence-electron chi connectivity index (χ4n) is 1.59. The van der Waals surface area contributed by atoms with Crippen LogP contribution in [-0.2, 0) is 6.54 Å². The molecule has 0 fully saturated rings. The molecule has 2 rings (SSSR count).